The Kier molecular flexibility index (Phi) is 5.40. The molecule has 0 spiro atoms. The van der Waals surface area contributed by atoms with E-state index in [1.165, 1.54) is 10.9 Å². The first-order valence-corrected chi connectivity index (χ1v) is 9.96. The number of hydrogen-bond donors (Lipinski definition) is 1. The smallest absolute Gasteiger partial charge is 0.224 e. The lowest BCUT2D eigenvalue weighted by Crippen LogP contribution is -2.20. The number of halogens is 1. The molecule has 1 aromatic heterocycles. The van der Waals surface area contributed by atoms with E-state index in [9.17, 15) is 4.79 Å². The molecule has 1 aliphatic carbocycles. The van der Waals surface area contributed by atoms with E-state index in [0.717, 1.165) is 36.9 Å². The quantitative estimate of drug-likeness (QED) is 0.588. The van der Waals surface area contributed by atoms with Crippen molar-refractivity contribution >= 4 is 34.1 Å². The summed E-state index contributed by atoms with van der Waals surface area (Å²) in [6.07, 6.45) is 6.96. The molecule has 3 nitrogen and oxygen atoms in total. The molecule has 0 unspecified atom stereocenters. The van der Waals surface area contributed by atoms with Crippen LogP contribution in [-0.2, 0) is 4.79 Å². The fourth-order valence-corrected chi connectivity index (χ4v) is 4.28. The number of carbonyl (C=O) groups is 1. The van der Waals surface area contributed by atoms with Gasteiger partial charge in [0.2, 0.25) is 5.91 Å². The van der Waals surface area contributed by atoms with Gasteiger partial charge in [-0.25, -0.2) is 0 Å². The second-order valence-electron chi connectivity index (χ2n) is 7.39. The van der Waals surface area contributed by atoms with Gasteiger partial charge in [0.25, 0.3) is 0 Å². The molecule has 1 N–H and O–H groups in total. The van der Waals surface area contributed by atoms with Gasteiger partial charge in [-0.15, -0.1) is 0 Å². The summed E-state index contributed by atoms with van der Waals surface area (Å²) >= 11 is 5.89. The van der Waals surface area contributed by atoms with Crippen LogP contribution in [0, 0.1) is 5.92 Å². The molecule has 1 amide bonds. The van der Waals surface area contributed by atoms with Crippen molar-refractivity contribution in [1.29, 1.82) is 0 Å². The summed E-state index contributed by atoms with van der Waals surface area (Å²) < 4.78 is 0. The Morgan fingerprint density at radius 2 is 1.74 bits per heavy atom. The van der Waals surface area contributed by atoms with Crippen molar-refractivity contribution in [1.82, 2.24) is 4.98 Å². The van der Waals surface area contributed by atoms with Gasteiger partial charge < -0.3 is 5.32 Å². The number of nitrogens with one attached hydrogen (secondary N) is 1. The summed E-state index contributed by atoms with van der Waals surface area (Å²) in [4.78, 5) is 16.8. The van der Waals surface area contributed by atoms with Gasteiger partial charge in [-0.1, -0.05) is 29.8 Å². The van der Waals surface area contributed by atoms with Gasteiger partial charge in [-0.05, 0) is 79.5 Å². The molecule has 0 saturated heterocycles. The second-order valence-corrected chi connectivity index (χ2v) is 7.83. The highest BCUT2D eigenvalue weighted by Crippen LogP contribution is 2.39. The molecule has 0 bridgehead atoms. The number of rotatable bonds is 4. The van der Waals surface area contributed by atoms with Crippen molar-refractivity contribution in [2.24, 2.45) is 5.92 Å². The van der Waals surface area contributed by atoms with E-state index in [1.807, 2.05) is 24.4 Å². The number of nitrogens with zero attached hydrogens (tertiary/aromatic N) is 1. The van der Waals surface area contributed by atoms with Crippen molar-refractivity contribution in [2.45, 2.75) is 38.0 Å². The molecule has 2 aromatic carbocycles. The highest BCUT2D eigenvalue weighted by Gasteiger charge is 2.25. The van der Waals surface area contributed by atoms with Crippen molar-refractivity contribution in [3.05, 3.63) is 71.4 Å². The maximum atomic E-state index is 12.3. The van der Waals surface area contributed by atoms with E-state index in [4.69, 9.17) is 11.6 Å². The monoisotopic (exact) mass is 378 g/mol. The van der Waals surface area contributed by atoms with E-state index in [0.29, 0.717) is 23.3 Å². The van der Waals surface area contributed by atoms with E-state index >= 15 is 0 Å². The van der Waals surface area contributed by atoms with E-state index in [1.54, 1.807) is 12.1 Å². The summed E-state index contributed by atoms with van der Waals surface area (Å²) in [6.45, 7) is 0. The number of para-hydroxylation sites is 1. The van der Waals surface area contributed by atoms with Crippen molar-refractivity contribution in [3.63, 3.8) is 0 Å². The van der Waals surface area contributed by atoms with Crippen molar-refractivity contribution < 1.29 is 4.79 Å². The fourth-order valence-electron chi connectivity index (χ4n) is 4.16. The summed E-state index contributed by atoms with van der Waals surface area (Å²) in [7, 11) is 0. The standard InChI is InChI=1S/C23H23ClN2O/c24-18-9-11-19(12-10-18)26-23(27)15-16-5-7-17(8-6-16)20-13-14-25-22-4-2-1-3-21(20)22/h1-4,9-14,16-17H,5-8,15H2,(H,26,27). The Balaban J connectivity index is 1.34. The molecule has 0 aliphatic heterocycles. The third kappa shape index (κ3) is 4.30. The molecule has 0 radical (unpaired) electrons. The molecule has 27 heavy (non-hydrogen) atoms. The number of aromatic nitrogens is 1. The SMILES string of the molecule is O=C(CC1CCC(c2ccnc3ccccc23)CC1)Nc1ccc(Cl)cc1. The Morgan fingerprint density at radius 1 is 1.00 bits per heavy atom. The van der Waals surface area contributed by atoms with Crippen LogP contribution in [0.4, 0.5) is 5.69 Å². The third-order valence-electron chi connectivity index (χ3n) is 5.57. The van der Waals surface area contributed by atoms with E-state index in [-0.39, 0.29) is 5.91 Å². The molecule has 3 aromatic rings. The largest absolute Gasteiger partial charge is 0.326 e. The number of amides is 1. The molecular weight excluding hydrogens is 356 g/mol. The lowest BCUT2D eigenvalue weighted by Gasteiger charge is -2.29. The first kappa shape index (κ1) is 18.0. The Labute approximate surface area is 164 Å². The van der Waals surface area contributed by atoms with E-state index < -0.39 is 0 Å². The zero-order chi connectivity index (χ0) is 18.6. The number of anilines is 1. The molecule has 1 saturated carbocycles. The van der Waals surface area contributed by atoms with Gasteiger partial charge in [0.05, 0.1) is 5.52 Å². The van der Waals surface area contributed by atoms with Gasteiger partial charge in [0, 0.05) is 28.7 Å². The normalized spacial score (nSPS) is 19.7. The van der Waals surface area contributed by atoms with Gasteiger partial charge in [0.1, 0.15) is 0 Å². The van der Waals surface area contributed by atoms with Crippen LogP contribution in [0.15, 0.2) is 60.8 Å². The van der Waals surface area contributed by atoms with Gasteiger partial charge >= 0.3 is 0 Å². The number of carbonyl (C=O) groups excluding carboxylic acids is 1. The number of hydrogen-bond acceptors (Lipinski definition) is 2. The van der Waals surface area contributed by atoms with Crippen LogP contribution in [0.1, 0.15) is 43.6 Å². The van der Waals surface area contributed by atoms with Crippen LogP contribution < -0.4 is 5.32 Å². The van der Waals surface area contributed by atoms with Crippen molar-refractivity contribution in [2.75, 3.05) is 5.32 Å². The Morgan fingerprint density at radius 3 is 2.52 bits per heavy atom. The Bertz CT molecular complexity index is 925. The summed E-state index contributed by atoms with van der Waals surface area (Å²) in [6, 6.07) is 17.8. The van der Waals surface area contributed by atoms with Crippen LogP contribution in [0.25, 0.3) is 10.9 Å². The van der Waals surface area contributed by atoms with E-state index in [2.05, 4.69) is 34.6 Å². The summed E-state index contributed by atoms with van der Waals surface area (Å²) in [5.41, 5.74) is 3.28. The van der Waals surface area contributed by atoms with Crippen LogP contribution in [0.3, 0.4) is 0 Å². The van der Waals surface area contributed by atoms with Crippen LogP contribution >= 0.6 is 11.6 Å². The zero-order valence-electron chi connectivity index (χ0n) is 15.2. The molecule has 4 rings (SSSR count). The summed E-state index contributed by atoms with van der Waals surface area (Å²) in [5, 5.41) is 4.92. The first-order chi connectivity index (χ1) is 13.2. The van der Waals surface area contributed by atoms with Crippen LogP contribution in [0.5, 0.6) is 0 Å². The minimum atomic E-state index is 0.0927. The molecule has 138 valence electrons. The number of fused-ring (bicyclic) bond motifs is 1. The lowest BCUT2D eigenvalue weighted by molar-refractivity contribution is -0.117. The molecule has 1 aliphatic rings. The molecule has 1 heterocycles. The van der Waals surface area contributed by atoms with Crippen molar-refractivity contribution in [3.8, 4) is 0 Å². The average Bonchev–Trinajstić information content (AvgIpc) is 2.70. The predicted molar refractivity (Wildman–Crippen MR) is 111 cm³/mol. The first-order valence-electron chi connectivity index (χ1n) is 9.58. The number of benzene rings is 2. The highest BCUT2D eigenvalue weighted by atomic mass is 35.5. The maximum absolute atomic E-state index is 12.3. The lowest BCUT2D eigenvalue weighted by atomic mass is 9.77. The fraction of sp³-hybridized carbons (Fsp3) is 0.304. The second kappa shape index (κ2) is 8.10. The van der Waals surface area contributed by atoms with Gasteiger partial charge in [0.15, 0.2) is 0 Å². The highest BCUT2D eigenvalue weighted by molar-refractivity contribution is 6.30. The Hall–Kier alpha value is -2.39. The molecular formula is C23H23ClN2O. The minimum absolute atomic E-state index is 0.0927. The minimum Gasteiger partial charge on any atom is -0.326 e. The molecule has 4 heteroatoms. The third-order valence-corrected chi connectivity index (χ3v) is 5.82. The molecule has 1 fully saturated rings. The average molecular weight is 379 g/mol. The van der Waals surface area contributed by atoms with Crippen LogP contribution in [0.2, 0.25) is 5.02 Å². The maximum Gasteiger partial charge on any atom is 0.224 e. The van der Waals surface area contributed by atoms with Gasteiger partial charge in [-0.3, -0.25) is 9.78 Å². The van der Waals surface area contributed by atoms with Crippen LogP contribution in [-0.4, -0.2) is 10.9 Å². The topological polar surface area (TPSA) is 42.0 Å². The summed E-state index contributed by atoms with van der Waals surface area (Å²) in [5.74, 6) is 1.12. The van der Waals surface area contributed by atoms with Gasteiger partial charge in [-0.2, -0.15) is 0 Å². The zero-order valence-corrected chi connectivity index (χ0v) is 16.0. The molecule has 0 atom stereocenters. The predicted octanol–water partition coefficient (Wildman–Crippen LogP) is 6.19. The number of pyridine rings is 1.